The molecule has 0 bridgehead atoms. The number of hydrogen-bond donors (Lipinski definition) is 1. The predicted octanol–water partition coefficient (Wildman–Crippen LogP) is 1.29. The number of amides is 1. The van der Waals surface area contributed by atoms with Crippen LogP contribution < -0.4 is 4.72 Å². The molecule has 1 atom stereocenters. The molecule has 0 saturated carbocycles. The maximum atomic E-state index is 12.7. The minimum atomic E-state index is -3.77. The lowest BCUT2D eigenvalue weighted by molar-refractivity contribution is 0.0747. The molecule has 0 aliphatic carbocycles. The van der Waals surface area contributed by atoms with Crippen molar-refractivity contribution in [3.63, 3.8) is 0 Å². The Kier molecular flexibility index (Phi) is 5.82. The Balaban J connectivity index is 2.32. The summed E-state index contributed by atoms with van der Waals surface area (Å²) >= 11 is 6.07. The molecule has 25 heavy (non-hydrogen) atoms. The molecule has 1 saturated heterocycles. The number of nitrogens with zero attached hydrogens (tertiary/aromatic N) is 1. The molecule has 1 heterocycles. The molecular weight excluding hydrogens is 388 g/mol. The van der Waals surface area contributed by atoms with Gasteiger partial charge in [-0.15, -0.1) is 0 Å². The first-order valence-corrected chi connectivity index (χ1v) is 11.4. The van der Waals surface area contributed by atoms with Gasteiger partial charge in [-0.1, -0.05) is 11.6 Å². The van der Waals surface area contributed by atoms with Crippen molar-refractivity contribution in [1.82, 2.24) is 9.62 Å². The molecule has 1 N–H and O–H groups in total. The quantitative estimate of drug-likeness (QED) is 0.791. The van der Waals surface area contributed by atoms with Gasteiger partial charge in [-0.05, 0) is 38.5 Å². The van der Waals surface area contributed by atoms with Crippen molar-refractivity contribution >= 4 is 37.4 Å². The van der Waals surface area contributed by atoms with Gasteiger partial charge < -0.3 is 4.90 Å². The molecule has 0 aromatic heterocycles. The summed E-state index contributed by atoms with van der Waals surface area (Å²) in [5.74, 6) is -0.566. The second-order valence-electron chi connectivity index (χ2n) is 6.39. The Bertz CT molecular complexity index is 881. The first kappa shape index (κ1) is 20.2. The Labute approximate surface area is 153 Å². The molecule has 10 heteroatoms. The highest BCUT2D eigenvalue weighted by molar-refractivity contribution is 7.91. The van der Waals surface area contributed by atoms with E-state index in [1.807, 2.05) is 0 Å². The molecular formula is C15H21ClN2O5S2. The number of carbonyl (C=O) groups excluding carboxylic acids is 1. The SMILES string of the molecule is CC(C)NS(=O)(=O)c1ccc(Cl)c(C(=O)N(C)C2CCS(=O)(=O)C2)c1. The third kappa shape index (κ3) is 4.72. The average molecular weight is 409 g/mol. The number of nitrogens with one attached hydrogen (secondary N) is 1. The Morgan fingerprint density at radius 2 is 2.00 bits per heavy atom. The molecule has 1 unspecified atom stereocenters. The van der Waals surface area contributed by atoms with Crippen LogP contribution in [0.3, 0.4) is 0 Å². The fourth-order valence-corrected chi connectivity index (χ4v) is 5.90. The first-order valence-electron chi connectivity index (χ1n) is 7.72. The van der Waals surface area contributed by atoms with Gasteiger partial charge in [-0.3, -0.25) is 4.79 Å². The zero-order chi connectivity index (χ0) is 19.0. The van der Waals surface area contributed by atoms with Gasteiger partial charge in [0.1, 0.15) is 0 Å². The van der Waals surface area contributed by atoms with Crippen molar-refractivity contribution in [3.05, 3.63) is 28.8 Å². The maximum Gasteiger partial charge on any atom is 0.255 e. The van der Waals surface area contributed by atoms with Gasteiger partial charge in [0.2, 0.25) is 10.0 Å². The molecule has 140 valence electrons. The summed E-state index contributed by atoms with van der Waals surface area (Å²) in [6, 6.07) is 3.15. The molecule has 0 spiro atoms. The van der Waals surface area contributed by atoms with Crippen LogP contribution in [0, 0.1) is 0 Å². The van der Waals surface area contributed by atoms with Crippen LogP contribution in [0.15, 0.2) is 23.1 Å². The van der Waals surface area contributed by atoms with Crippen molar-refractivity contribution in [1.29, 1.82) is 0 Å². The van der Waals surface area contributed by atoms with Crippen molar-refractivity contribution < 1.29 is 21.6 Å². The van der Waals surface area contributed by atoms with E-state index in [9.17, 15) is 21.6 Å². The van der Waals surface area contributed by atoms with Crippen LogP contribution in [0.2, 0.25) is 5.02 Å². The average Bonchev–Trinajstić information content (AvgIpc) is 2.85. The summed E-state index contributed by atoms with van der Waals surface area (Å²) in [7, 11) is -5.42. The van der Waals surface area contributed by atoms with Crippen molar-refractivity contribution in [2.75, 3.05) is 18.6 Å². The second-order valence-corrected chi connectivity index (χ2v) is 10.7. The smallest absolute Gasteiger partial charge is 0.255 e. The van der Waals surface area contributed by atoms with Crippen molar-refractivity contribution in [2.24, 2.45) is 0 Å². The predicted molar refractivity (Wildman–Crippen MR) is 96.1 cm³/mol. The van der Waals surface area contributed by atoms with Crippen LogP contribution in [0.1, 0.15) is 30.6 Å². The van der Waals surface area contributed by atoms with E-state index in [0.717, 1.165) is 0 Å². The van der Waals surface area contributed by atoms with Gasteiger partial charge >= 0.3 is 0 Å². The van der Waals surface area contributed by atoms with Crippen LogP contribution >= 0.6 is 11.6 Å². The number of sulfonamides is 1. The van der Waals surface area contributed by atoms with Gasteiger partial charge in [-0.2, -0.15) is 0 Å². The minimum absolute atomic E-state index is 0.0279. The van der Waals surface area contributed by atoms with Crippen molar-refractivity contribution in [3.8, 4) is 0 Å². The second kappa shape index (κ2) is 7.22. The van der Waals surface area contributed by atoms with E-state index in [0.29, 0.717) is 6.42 Å². The fourth-order valence-electron chi connectivity index (χ4n) is 2.65. The zero-order valence-electron chi connectivity index (χ0n) is 14.2. The van der Waals surface area contributed by atoms with E-state index >= 15 is 0 Å². The standard InChI is InChI=1S/C15H21ClN2O5S2/c1-10(2)17-25(22,23)12-4-5-14(16)13(8-12)15(19)18(3)11-6-7-24(20,21)9-11/h4-5,8,10-11,17H,6-7,9H2,1-3H3. The van der Waals surface area contributed by atoms with Gasteiger partial charge in [0, 0.05) is 19.1 Å². The van der Waals surface area contributed by atoms with E-state index in [1.165, 1.54) is 30.1 Å². The third-order valence-electron chi connectivity index (χ3n) is 3.95. The van der Waals surface area contributed by atoms with Gasteiger partial charge in [0.25, 0.3) is 5.91 Å². The van der Waals surface area contributed by atoms with E-state index in [4.69, 9.17) is 11.6 Å². The summed E-state index contributed by atoms with van der Waals surface area (Å²) < 4.78 is 50.2. The molecule has 1 aliphatic heterocycles. The lowest BCUT2D eigenvalue weighted by atomic mass is 10.1. The molecule has 2 rings (SSSR count). The van der Waals surface area contributed by atoms with E-state index in [1.54, 1.807) is 13.8 Å². The van der Waals surface area contributed by atoms with Crippen LogP contribution in [0.5, 0.6) is 0 Å². The van der Waals surface area contributed by atoms with Crippen LogP contribution in [-0.4, -0.2) is 58.3 Å². The fraction of sp³-hybridized carbons (Fsp3) is 0.533. The number of benzene rings is 1. The number of carbonyl (C=O) groups is 1. The highest BCUT2D eigenvalue weighted by atomic mass is 35.5. The third-order valence-corrected chi connectivity index (χ3v) is 7.68. The van der Waals surface area contributed by atoms with Gasteiger partial charge in [0.15, 0.2) is 9.84 Å². The summed E-state index contributed by atoms with van der Waals surface area (Å²) in [5, 5.41) is 0.112. The number of rotatable bonds is 5. The summed E-state index contributed by atoms with van der Waals surface area (Å²) in [6.45, 7) is 3.38. The lowest BCUT2D eigenvalue weighted by Gasteiger charge is -2.24. The Morgan fingerprint density at radius 3 is 2.52 bits per heavy atom. The van der Waals surface area contributed by atoms with Crippen LogP contribution in [0.4, 0.5) is 0 Å². The van der Waals surface area contributed by atoms with Gasteiger partial charge in [-0.25, -0.2) is 21.6 Å². The molecule has 1 aromatic rings. The van der Waals surface area contributed by atoms with E-state index in [2.05, 4.69) is 4.72 Å². The zero-order valence-corrected chi connectivity index (χ0v) is 16.6. The number of halogens is 1. The molecule has 7 nitrogen and oxygen atoms in total. The molecule has 1 amide bonds. The Morgan fingerprint density at radius 1 is 1.36 bits per heavy atom. The van der Waals surface area contributed by atoms with E-state index < -0.39 is 31.8 Å². The molecule has 0 radical (unpaired) electrons. The maximum absolute atomic E-state index is 12.7. The van der Waals surface area contributed by atoms with E-state index in [-0.39, 0.29) is 33.0 Å². The lowest BCUT2D eigenvalue weighted by Crippen LogP contribution is -2.38. The summed E-state index contributed by atoms with van der Waals surface area (Å²) in [4.78, 5) is 13.9. The number of sulfone groups is 1. The summed E-state index contributed by atoms with van der Waals surface area (Å²) in [5.41, 5.74) is 0.0279. The molecule has 1 fully saturated rings. The molecule has 1 aliphatic rings. The highest BCUT2D eigenvalue weighted by Crippen LogP contribution is 2.25. The highest BCUT2D eigenvalue weighted by Gasteiger charge is 2.33. The monoisotopic (exact) mass is 408 g/mol. The first-order chi connectivity index (χ1) is 11.4. The van der Waals surface area contributed by atoms with Crippen LogP contribution in [-0.2, 0) is 19.9 Å². The normalized spacial score (nSPS) is 20.0. The Hall–Kier alpha value is -1.16. The van der Waals surface area contributed by atoms with Crippen molar-refractivity contribution in [2.45, 2.75) is 37.2 Å². The topological polar surface area (TPSA) is 101 Å². The minimum Gasteiger partial charge on any atom is -0.338 e. The van der Waals surface area contributed by atoms with Gasteiger partial charge in [0.05, 0.1) is 27.0 Å². The largest absolute Gasteiger partial charge is 0.338 e. The summed E-state index contributed by atoms with van der Waals surface area (Å²) in [6.07, 6.45) is 0.356. The van der Waals surface area contributed by atoms with Crippen LogP contribution in [0.25, 0.3) is 0 Å². The number of hydrogen-bond acceptors (Lipinski definition) is 5. The molecule has 1 aromatic carbocycles.